The van der Waals surface area contributed by atoms with Gasteiger partial charge in [0.1, 0.15) is 18.3 Å². The van der Waals surface area contributed by atoms with Crippen molar-refractivity contribution in [2.24, 2.45) is 0 Å². The van der Waals surface area contributed by atoms with Crippen molar-refractivity contribution >= 4 is 22.6 Å². The van der Waals surface area contributed by atoms with Crippen LogP contribution in [0.4, 0.5) is 0 Å². The molecule has 0 aliphatic carbocycles. The van der Waals surface area contributed by atoms with Gasteiger partial charge in [-0.15, -0.1) is 0 Å². The fourth-order valence-electron chi connectivity index (χ4n) is 1.50. The van der Waals surface area contributed by atoms with E-state index in [0.29, 0.717) is 11.3 Å². The predicted octanol–water partition coefficient (Wildman–Crippen LogP) is 1.50. The zero-order valence-corrected chi connectivity index (χ0v) is 7.95. The standard InChI is InChI=1S/C10H7ClO3/c11-10(13)9-6-3-1-2-4-8(6)14-5-7(9)12/h1-4,9H,5H2. The van der Waals surface area contributed by atoms with Gasteiger partial charge in [-0.05, 0) is 17.7 Å². The zero-order chi connectivity index (χ0) is 10.1. The van der Waals surface area contributed by atoms with Crippen molar-refractivity contribution in [3.8, 4) is 5.75 Å². The van der Waals surface area contributed by atoms with Gasteiger partial charge in [0.2, 0.25) is 5.24 Å². The molecule has 0 N–H and O–H groups in total. The molecule has 4 heteroatoms. The maximum Gasteiger partial charge on any atom is 0.236 e. The summed E-state index contributed by atoms with van der Waals surface area (Å²) in [7, 11) is 0. The summed E-state index contributed by atoms with van der Waals surface area (Å²) in [5.74, 6) is -0.587. The van der Waals surface area contributed by atoms with E-state index in [0.717, 1.165) is 0 Å². The molecule has 0 aromatic heterocycles. The van der Waals surface area contributed by atoms with Crippen LogP contribution in [-0.2, 0) is 9.59 Å². The number of halogens is 1. The van der Waals surface area contributed by atoms with Gasteiger partial charge >= 0.3 is 0 Å². The minimum Gasteiger partial charge on any atom is -0.485 e. The molecular formula is C10H7ClO3. The molecule has 3 nitrogen and oxygen atoms in total. The molecular weight excluding hydrogens is 204 g/mol. The molecule has 72 valence electrons. The molecule has 1 heterocycles. The van der Waals surface area contributed by atoms with Gasteiger partial charge in [-0.3, -0.25) is 9.59 Å². The minimum absolute atomic E-state index is 0.0832. The van der Waals surface area contributed by atoms with E-state index < -0.39 is 11.2 Å². The van der Waals surface area contributed by atoms with Gasteiger partial charge in [0, 0.05) is 5.56 Å². The topological polar surface area (TPSA) is 43.4 Å². The van der Waals surface area contributed by atoms with Gasteiger partial charge < -0.3 is 4.74 Å². The Hall–Kier alpha value is -1.35. The van der Waals surface area contributed by atoms with E-state index in [1.54, 1.807) is 24.3 Å². The molecule has 14 heavy (non-hydrogen) atoms. The number of ether oxygens (including phenoxy) is 1. The lowest BCUT2D eigenvalue weighted by Gasteiger charge is -2.21. The zero-order valence-electron chi connectivity index (χ0n) is 7.20. The third-order valence-electron chi connectivity index (χ3n) is 2.15. The summed E-state index contributed by atoms with van der Waals surface area (Å²) in [6, 6.07) is 6.92. The Labute approximate surface area is 85.6 Å². The van der Waals surface area contributed by atoms with Gasteiger partial charge in [0.25, 0.3) is 0 Å². The Morgan fingerprint density at radius 1 is 1.43 bits per heavy atom. The lowest BCUT2D eigenvalue weighted by atomic mass is 9.93. The van der Waals surface area contributed by atoms with Crippen LogP contribution in [0.15, 0.2) is 24.3 Å². The van der Waals surface area contributed by atoms with Crippen LogP contribution in [0.25, 0.3) is 0 Å². The Balaban J connectivity index is 2.51. The van der Waals surface area contributed by atoms with E-state index in [4.69, 9.17) is 16.3 Å². The van der Waals surface area contributed by atoms with E-state index in [1.807, 2.05) is 0 Å². The number of carbonyl (C=O) groups excluding carboxylic acids is 2. The maximum atomic E-state index is 11.4. The van der Waals surface area contributed by atoms with Crippen molar-refractivity contribution < 1.29 is 14.3 Å². The SMILES string of the molecule is O=C(Cl)C1C(=O)COc2ccccc21. The normalized spacial score (nSPS) is 19.8. The molecule has 2 rings (SSSR count). The summed E-state index contributed by atoms with van der Waals surface area (Å²) >= 11 is 5.36. The molecule has 1 unspecified atom stereocenters. The first-order chi connectivity index (χ1) is 6.70. The molecule has 0 bridgehead atoms. The fraction of sp³-hybridized carbons (Fsp3) is 0.200. The largest absolute Gasteiger partial charge is 0.485 e. The van der Waals surface area contributed by atoms with E-state index in [-0.39, 0.29) is 12.4 Å². The molecule has 1 aromatic rings. The van der Waals surface area contributed by atoms with E-state index in [9.17, 15) is 9.59 Å². The molecule has 0 saturated carbocycles. The van der Waals surface area contributed by atoms with Crippen LogP contribution in [0.3, 0.4) is 0 Å². The van der Waals surface area contributed by atoms with Crippen molar-refractivity contribution in [1.82, 2.24) is 0 Å². The van der Waals surface area contributed by atoms with Crippen LogP contribution in [0.1, 0.15) is 11.5 Å². The quantitative estimate of drug-likeness (QED) is 0.521. The van der Waals surface area contributed by atoms with Crippen LogP contribution in [0.5, 0.6) is 5.75 Å². The van der Waals surface area contributed by atoms with Gasteiger partial charge in [-0.25, -0.2) is 0 Å². The number of ketones is 1. The number of benzene rings is 1. The third kappa shape index (κ3) is 1.40. The summed E-state index contributed by atoms with van der Waals surface area (Å²) in [5, 5.41) is -0.647. The first kappa shape index (κ1) is 9.21. The molecule has 0 radical (unpaired) electrons. The van der Waals surface area contributed by atoms with Gasteiger partial charge in [0.15, 0.2) is 5.78 Å². The highest BCUT2D eigenvalue weighted by atomic mass is 35.5. The molecule has 0 saturated heterocycles. The summed E-state index contributed by atoms with van der Waals surface area (Å²) in [6.07, 6.45) is 0. The fourth-order valence-corrected chi connectivity index (χ4v) is 1.74. The number of Topliss-reactive ketones (excluding diaryl/α,β-unsaturated/α-hetero) is 1. The Morgan fingerprint density at radius 3 is 2.86 bits per heavy atom. The van der Waals surface area contributed by atoms with Crippen molar-refractivity contribution in [1.29, 1.82) is 0 Å². The van der Waals surface area contributed by atoms with Crippen molar-refractivity contribution in [2.75, 3.05) is 6.61 Å². The van der Waals surface area contributed by atoms with E-state index >= 15 is 0 Å². The van der Waals surface area contributed by atoms with Gasteiger partial charge in [0.05, 0.1) is 0 Å². The van der Waals surface area contributed by atoms with Crippen LogP contribution in [0, 0.1) is 0 Å². The summed E-state index contributed by atoms with van der Waals surface area (Å²) in [5.41, 5.74) is 0.559. The second-order valence-corrected chi connectivity index (χ2v) is 3.40. The highest BCUT2D eigenvalue weighted by molar-refractivity contribution is 6.66. The highest BCUT2D eigenvalue weighted by Gasteiger charge is 2.33. The number of para-hydroxylation sites is 1. The number of rotatable bonds is 1. The molecule has 0 amide bonds. The van der Waals surface area contributed by atoms with E-state index in [1.165, 1.54) is 0 Å². The average molecular weight is 211 g/mol. The predicted molar refractivity (Wildman–Crippen MR) is 50.5 cm³/mol. The molecule has 0 spiro atoms. The lowest BCUT2D eigenvalue weighted by Crippen LogP contribution is -2.29. The second kappa shape index (κ2) is 3.42. The Kier molecular flexibility index (Phi) is 2.25. The molecule has 1 aliphatic heterocycles. The minimum atomic E-state index is -0.860. The van der Waals surface area contributed by atoms with Gasteiger partial charge in [-0.2, -0.15) is 0 Å². The summed E-state index contributed by atoms with van der Waals surface area (Å²) in [6.45, 7) is -0.0832. The van der Waals surface area contributed by atoms with Crippen LogP contribution in [0.2, 0.25) is 0 Å². The average Bonchev–Trinajstić information content (AvgIpc) is 2.17. The Morgan fingerprint density at radius 2 is 2.14 bits per heavy atom. The van der Waals surface area contributed by atoms with Crippen LogP contribution in [-0.4, -0.2) is 17.6 Å². The maximum absolute atomic E-state index is 11.4. The highest BCUT2D eigenvalue weighted by Crippen LogP contribution is 2.32. The molecule has 1 aliphatic rings. The third-order valence-corrected chi connectivity index (χ3v) is 2.37. The summed E-state index contributed by atoms with van der Waals surface area (Å²) in [4.78, 5) is 22.4. The van der Waals surface area contributed by atoms with Crippen molar-refractivity contribution in [3.05, 3.63) is 29.8 Å². The van der Waals surface area contributed by atoms with Crippen LogP contribution >= 0.6 is 11.6 Å². The first-order valence-corrected chi connectivity index (χ1v) is 4.51. The Bertz CT molecular complexity index is 400. The van der Waals surface area contributed by atoms with Gasteiger partial charge in [-0.1, -0.05) is 18.2 Å². The van der Waals surface area contributed by atoms with E-state index in [2.05, 4.69) is 0 Å². The molecule has 1 aromatic carbocycles. The molecule has 1 atom stereocenters. The van der Waals surface area contributed by atoms with Crippen molar-refractivity contribution in [2.45, 2.75) is 5.92 Å². The first-order valence-electron chi connectivity index (χ1n) is 4.14. The number of hydrogen-bond acceptors (Lipinski definition) is 3. The number of fused-ring (bicyclic) bond motifs is 1. The molecule has 0 fully saturated rings. The monoisotopic (exact) mass is 210 g/mol. The smallest absolute Gasteiger partial charge is 0.236 e. The second-order valence-electron chi connectivity index (χ2n) is 3.03. The summed E-state index contributed by atoms with van der Waals surface area (Å²) < 4.78 is 5.16. The number of carbonyl (C=O) groups is 2. The lowest BCUT2D eigenvalue weighted by molar-refractivity contribution is -0.128. The number of hydrogen-bond donors (Lipinski definition) is 0. The van der Waals surface area contributed by atoms with Crippen LogP contribution < -0.4 is 4.74 Å². The van der Waals surface area contributed by atoms with Crippen molar-refractivity contribution in [3.63, 3.8) is 0 Å².